The zero-order valence-corrected chi connectivity index (χ0v) is 22.0. The highest BCUT2D eigenvalue weighted by Crippen LogP contribution is 2.23. The van der Waals surface area contributed by atoms with Gasteiger partial charge in [-0.3, -0.25) is 14.6 Å². The molecule has 0 spiro atoms. The SMILES string of the molecule is CC(C)[C@H](Nc1nc(CN2CCN(Cc3ccccc3CI)CC2)nc2ccccc12)C(N)=O. The van der Waals surface area contributed by atoms with Crippen LogP contribution in [0.2, 0.25) is 0 Å². The lowest BCUT2D eigenvalue weighted by molar-refractivity contribution is -0.119. The summed E-state index contributed by atoms with van der Waals surface area (Å²) in [6, 6.07) is 16.1. The maximum Gasteiger partial charge on any atom is 0.240 e. The molecule has 34 heavy (non-hydrogen) atoms. The molecule has 4 rings (SSSR count). The molecule has 0 unspecified atom stereocenters. The minimum atomic E-state index is -0.486. The fraction of sp³-hybridized carbons (Fsp3) is 0.423. The average molecular weight is 572 g/mol. The zero-order chi connectivity index (χ0) is 24.1. The number of aromatic nitrogens is 2. The summed E-state index contributed by atoms with van der Waals surface area (Å²) in [5.74, 6) is 1.11. The number of alkyl halides is 1. The third-order valence-electron chi connectivity index (χ3n) is 6.40. The Balaban J connectivity index is 1.45. The van der Waals surface area contributed by atoms with Crippen molar-refractivity contribution in [3.63, 3.8) is 0 Å². The van der Waals surface area contributed by atoms with Crippen molar-refractivity contribution in [2.75, 3.05) is 31.5 Å². The molecule has 7 nitrogen and oxygen atoms in total. The molecule has 2 heterocycles. The number of primary amides is 1. The smallest absolute Gasteiger partial charge is 0.240 e. The van der Waals surface area contributed by atoms with Crippen molar-refractivity contribution in [2.45, 2.75) is 37.4 Å². The number of anilines is 1. The second kappa shape index (κ2) is 11.4. The molecule has 1 aliphatic heterocycles. The number of nitrogens with one attached hydrogen (secondary N) is 1. The summed E-state index contributed by atoms with van der Waals surface area (Å²) >= 11 is 2.44. The second-order valence-electron chi connectivity index (χ2n) is 9.23. The Hall–Kier alpha value is -2.30. The Labute approximate surface area is 215 Å². The van der Waals surface area contributed by atoms with Crippen LogP contribution < -0.4 is 11.1 Å². The number of nitrogens with zero attached hydrogens (tertiary/aromatic N) is 4. The molecular weight excluding hydrogens is 539 g/mol. The molecule has 3 N–H and O–H groups in total. The number of hydrogen-bond acceptors (Lipinski definition) is 6. The summed E-state index contributed by atoms with van der Waals surface area (Å²) in [6.45, 7) is 9.62. The van der Waals surface area contributed by atoms with E-state index in [2.05, 4.69) is 62.0 Å². The molecule has 2 aromatic carbocycles. The van der Waals surface area contributed by atoms with Crippen LogP contribution in [0.15, 0.2) is 48.5 Å². The van der Waals surface area contributed by atoms with Gasteiger partial charge in [0.05, 0.1) is 12.1 Å². The van der Waals surface area contributed by atoms with Crippen LogP contribution in [0.25, 0.3) is 10.9 Å². The number of para-hydroxylation sites is 1. The first-order valence-corrected chi connectivity index (χ1v) is 13.4. The normalized spacial score (nSPS) is 16.1. The number of halogens is 1. The van der Waals surface area contributed by atoms with Gasteiger partial charge in [0.1, 0.15) is 17.7 Å². The molecule has 1 atom stereocenters. The van der Waals surface area contributed by atoms with Crippen molar-refractivity contribution in [2.24, 2.45) is 11.7 Å². The van der Waals surface area contributed by atoms with Crippen molar-refractivity contribution in [3.05, 3.63) is 65.5 Å². The molecule has 1 aliphatic rings. The first-order valence-electron chi connectivity index (χ1n) is 11.8. The van der Waals surface area contributed by atoms with Crippen LogP contribution in [0, 0.1) is 5.92 Å². The molecular formula is C26H33IN6O. The minimum Gasteiger partial charge on any atom is -0.368 e. The van der Waals surface area contributed by atoms with Crippen LogP contribution in [-0.4, -0.2) is 57.9 Å². The number of fused-ring (bicyclic) bond motifs is 1. The molecule has 1 amide bonds. The largest absolute Gasteiger partial charge is 0.368 e. The van der Waals surface area contributed by atoms with E-state index >= 15 is 0 Å². The van der Waals surface area contributed by atoms with Gasteiger partial charge in [-0.15, -0.1) is 0 Å². The Kier molecular flexibility index (Phi) is 8.33. The number of amides is 1. The molecule has 1 fully saturated rings. The topological polar surface area (TPSA) is 87.4 Å². The maximum atomic E-state index is 12.0. The van der Waals surface area contributed by atoms with E-state index in [1.807, 2.05) is 38.1 Å². The lowest BCUT2D eigenvalue weighted by Gasteiger charge is -2.34. The van der Waals surface area contributed by atoms with Gasteiger partial charge in [-0.05, 0) is 29.2 Å². The van der Waals surface area contributed by atoms with Crippen LogP contribution in [0.5, 0.6) is 0 Å². The first-order chi connectivity index (χ1) is 16.4. The number of carbonyl (C=O) groups excluding carboxylic acids is 1. The summed E-state index contributed by atoms with van der Waals surface area (Å²) in [7, 11) is 0. The van der Waals surface area contributed by atoms with Crippen molar-refractivity contribution in [1.29, 1.82) is 0 Å². The molecule has 0 bridgehead atoms. The van der Waals surface area contributed by atoms with Crippen molar-refractivity contribution in [3.8, 4) is 0 Å². The molecule has 1 saturated heterocycles. The van der Waals surface area contributed by atoms with Crippen LogP contribution in [0.3, 0.4) is 0 Å². The molecule has 180 valence electrons. The third-order valence-corrected chi connectivity index (χ3v) is 7.22. The van der Waals surface area contributed by atoms with Crippen LogP contribution >= 0.6 is 22.6 Å². The minimum absolute atomic E-state index is 0.0556. The van der Waals surface area contributed by atoms with Crippen molar-refractivity contribution >= 4 is 45.2 Å². The highest BCUT2D eigenvalue weighted by molar-refractivity contribution is 14.1. The van der Waals surface area contributed by atoms with Gasteiger partial charge < -0.3 is 11.1 Å². The number of nitrogens with two attached hydrogens (primary N) is 1. The Morgan fingerprint density at radius 3 is 2.24 bits per heavy atom. The Morgan fingerprint density at radius 1 is 0.971 bits per heavy atom. The number of piperazine rings is 1. The number of benzene rings is 2. The second-order valence-corrected chi connectivity index (χ2v) is 9.99. The number of carbonyl (C=O) groups is 1. The summed E-state index contributed by atoms with van der Waals surface area (Å²) in [5.41, 5.74) is 9.36. The molecule has 1 aromatic heterocycles. The first kappa shape index (κ1) is 24.8. The van der Waals surface area contributed by atoms with Gasteiger partial charge in [0, 0.05) is 42.5 Å². The van der Waals surface area contributed by atoms with E-state index < -0.39 is 6.04 Å². The lowest BCUT2D eigenvalue weighted by Crippen LogP contribution is -2.45. The molecule has 8 heteroatoms. The van der Waals surface area contributed by atoms with E-state index in [4.69, 9.17) is 15.7 Å². The molecule has 0 saturated carbocycles. The van der Waals surface area contributed by atoms with Gasteiger partial charge in [0.15, 0.2) is 0 Å². The number of rotatable bonds is 9. The van der Waals surface area contributed by atoms with E-state index in [1.165, 1.54) is 11.1 Å². The quantitative estimate of drug-likeness (QED) is 0.300. The van der Waals surface area contributed by atoms with Gasteiger partial charge in [-0.1, -0.05) is 72.8 Å². The monoisotopic (exact) mass is 572 g/mol. The average Bonchev–Trinajstić information content (AvgIpc) is 2.83. The molecule has 0 radical (unpaired) electrons. The molecule has 0 aliphatic carbocycles. The molecule has 3 aromatic rings. The van der Waals surface area contributed by atoms with Gasteiger partial charge >= 0.3 is 0 Å². The van der Waals surface area contributed by atoms with Crippen LogP contribution in [0.4, 0.5) is 5.82 Å². The Bertz CT molecular complexity index is 1130. The van der Waals surface area contributed by atoms with E-state index in [0.717, 1.165) is 53.9 Å². The predicted octanol–water partition coefficient (Wildman–Crippen LogP) is 3.80. The van der Waals surface area contributed by atoms with Crippen molar-refractivity contribution in [1.82, 2.24) is 19.8 Å². The van der Waals surface area contributed by atoms with Gasteiger partial charge in [-0.25, -0.2) is 9.97 Å². The fourth-order valence-electron chi connectivity index (χ4n) is 4.41. The lowest BCUT2D eigenvalue weighted by atomic mass is 10.0. The summed E-state index contributed by atoms with van der Waals surface area (Å²) in [4.78, 5) is 26.6. The zero-order valence-electron chi connectivity index (χ0n) is 19.9. The van der Waals surface area contributed by atoms with Crippen molar-refractivity contribution < 1.29 is 4.79 Å². The van der Waals surface area contributed by atoms with Gasteiger partial charge in [-0.2, -0.15) is 0 Å². The highest BCUT2D eigenvalue weighted by atomic mass is 127. The van der Waals surface area contributed by atoms with Gasteiger partial charge in [0.2, 0.25) is 5.91 Å². The summed E-state index contributed by atoms with van der Waals surface area (Å²) in [5, 5.41) is 4.19. The summed E-state index contributed by atoms with van der Waals surface area (Å²) < 4.78 is 1.04. The predicted molar refractivity (Wildman–Crippen MR) is 146 cm³/mol. The van der Waals surface area contributed by atoms with E-state index in [9.17, 15) is 4.79 Å². The van der Waals surface area contributed by atoms with Gasteiger partial charge in [0.25, 0.3) is 0 Å². The standard InChI is InChI=1S/C26H33IN6O/c1-18(2)24(25(28)34)31-26-21-9-5-6-10-22(21)29-23(30-26)17-33-13-11-32(12-14-33)16-20-8-4-3-7-19(20)15-27/h3-10,18,24H,11-17H2,1-2H3,(H2,28,34)(H,29,30,31)/t24-/m0/s1. The van der Waals surface area contributed by atoms with E-state index in [-0.39, 0.29) is 11.8 Å². The third kappa shape index (κ3) is 6.03. The highest BCUT2D eigenvalue weighted by Gasteiger charge is 2.23. The summed E-state index contributed by atoms with van der Waals surface area (Å²) in [6.07, 6.45) is 0. The van der Waals surface area contributed by atoms with Crippen LogP contribution in [0.1, 0.15) is 30.8 Å². The van der Waals surface area contributed by atoms with Crippen LogP contribution in [-0.2, 0) is 22.3 Å². The number of hydrogen-bond donors (Lipinski definition) is 2. The maximum absolute atomic E-state index is 12.0. The van der Waals surface area contributed by atoms with E-state index in [0.29, 0.717) is 12.4 Å². The van der Waals surface area contributed by atoms with E-state index in [1.54, 1.807) is 0 Å². The Morgan fingerprint density at radius 2 is 1.59 bits per heavy atom. The fourth-order valence-corrected chi connectivity index (χ4v) is 5.15.